The van der Waals surface area contributed by atoms with E-state index in [0.29, 0.717) is 30.8 Å². The van der Waals surface area contributed by atoms with E-state index in [9.17, 15) is 14.7 Å². The van der Waals surface area contributed by atoms with E-state index in [2.05, 4.69) is 33.8 Å². The lowest BCUT2D eigenvalue weighted by Gasteiger charge is -2.36. The van der Waals surface area contributed by atoms with Gasteiger partial charge in [-0.2, -0.15) is 0 Å². The maximum absolute atomic E-state index is 12.5. The number of aliphatic hydroxyl groups excluding tert-OH is 1. The molecule has 1 aromatic heterocycles. The third-order valence-electron chi connectivity index (χ3n) is 8.77. The molecule has 0 radical (unpaired) electrons. The van der Waals surface area contributed by atoms with Gasteiger partial charge < -0.3 is 35.5 Å². The zero-order chi connectivity index (χ0) is 35.6. The number of para-hydroxylation sites is 2. The number of carbonyl (C=O) groups is 2. The van der Waals surface area contributed by atoms with E-state index in [0.717, 1.165) is 44.3 Å². The first kappa shape index (κ1) is 35.9. The van der Waals surface area contributed by atoms with Crippen molar-refractivity contribution in [3.05, 3.63) is 132 Å². The molecule has 0 aliphatic carbocycles. The minimum absolute atomic E-state index is 0.00163. The molecule has 3 unspecified atom stereocenters. The van der Waals surface area contributed by atoms with Crippen molar-refractivity contribution < 1.29 is 24.2 Å². The Morgan fingerprint density at radius 2 is 1.67 bits per heavy atom. The molecule has 5 aromatic rings. The summed E-state index contributed by atoms with van der Waals surface area (Å²) in [6.45, 7) is 0.387. The zero-order valence-corrected chi connectivity index (χ0v) is 29.4. The van der Waals surface area contributed by atoms with Crippen LogP contribution >= 0.6 is 11.8 Å². The number of thioether (sulfide) groups is 1. The number of hydrogen-bond donors (Lipinski definition) is 4. The smallest absolute Gasteiger partial charge is 0.224 e. The van der Waals surface area contributed by atoms with Crippen LogP contribution < -0.4 is 16.4 Å². The van der Waals surface area contributed by atoms with Crippen LogP contribution in [0.5, 0.6) is 0 Å². The predicted molar refractivity (Wildman–Crippen MR) is 199 cm³/mol. The number of nitrogens with one attached hydrogen (secondary N) is 2. The van der Waals surface area contributed by atoms with Crippen LogP contribution in [0.1, 0.15) is 60.3 Å². The van der Waals surface area contributed by atoms with E-state index < -0.39 is 6.29 Å². The number of aliphatic hydroxyl groups is 1. The Hall–Kier alpha value is -4.94. The summed E-state index contributed by atoms with van der Waals surface area (Å²) in [5, 5.41) is 16.2. The number of nitrogens with two attached hydrogens (primary N) is 1. The fourth-order valence-electron chi connectivity index (χ4n) is 5.90. The number of anilines is 2. The van der Waals surface area contributed by atoms with Gasteiger partial charge in [-0.15, -0.1) is 0 Å². The van der Waals surface area contributed by atoms with Gasteiger partial charge in [-0.3, -0.25) is 9.59 Å². The van der Waals surface area contributed by atoms with E-state index in [1.54, 1.807) is 36.2 Å². The number of hydrogen-bond acceptors (Lipinski definition) is 8. The van der Waals surface area contributed by atoms with Crippen molar-refractivity contribution in [3.63, 3.8) is 0 Å². The van der Waals surface area contributed by atoms with Gasteiger partial charge >= 0.3 is 0 Å². The molecule has 1 saturated heterocycles. The molecule has 11 heteroatoms. The topological polar surface area (TPSA) is 141 Å². The van der Waals surface area contributed by atoms with Crippen molar-refractivity contribution in [1.82, 2.24) is 14.9 Å². The van der Waals surface area contributed by atoms with Gasteiger partial charge in [-0.1, -0.05) is 90.6 Å². The molecule has 2 heterocycles. The molecule has 3 atom stereocenters. The molecule has 0 bridgehead atoms. The molecule has 0 saturated carbocycles. The number of amides is 2. The highest BCUT2D eigenvalue weighted by Gasteiger charge is 2.32. The van der Waals surface area contributed by atoms with E-state index in [-0.39, 0.29) is 43.5 Å². The van der Waals surface area contributed by atoms with Crippen molar-refractivity contribution in [1.29, 1.82) is 0 Å². The SMILES string of the molecule is Cn1ccnc1SCC1CC(c2ccc(CO)cc2)OC(c2ccc(-c3cccc(CNC(=O)CCCC(=O)Nc4ccccc4N)c3)cc2)O1. The van der Waals surface area contributed by atoms with Crippen molar-refractivity contribution in [2.75, 3.05) is 16.8 Å². The summed E-state index contributed by atoms with van der Waals surface area (Å²) in [4.78, 5) is 29.3. The molecule has 51 heavy (non-hydrogen) atoms. The first-order chi connectivity index (χ1) is 24.8. The second-order valence-corrected chi connectivity index (χ2v) is 13.6. The van der Waals surface area contributed by atoms with Crippen LogP contribution in [-0.4, -0.2) is 38.3 Å². The zero-order valence-electron chi connectivity index (χ0n) is 28.5. The summed E-state index contributed by atoms with van der Waals surface area (Å²) in [6, 6.07) is 31.3. The minimum atomic E-state index is -0.550. The third kappa shape index (κ3) is 9.86. The van der Waals surface area contributed by atoms with Crippen LogP contribution in [0, 0.1) is 0 Å². The number of rotatable bonds is 14. The standard InChI is InChI=1S/C40H43N5O5S/c1-45-21-20-42-40(45)51-26-33-23-36(30-14-12-27(25-46)13-15-30)50-39(49-33)31-18-16-29(17-19-31)32-7-4-6-28(22-32)24-43-37(47)10-5-11-38(48)44-35-9-3-2-8-34(35)41/h2-4,6-9,12-22,33,36,39,46H,5,10-11,23-26,41H2,1H3,(H,43,47)(H,44,48). The highest BCUT2D eigenvalue weighted by molar-refractivity contribution is 7.99. The van der Waals surface area contributed by atoms with E-state index in [1.807, 2.05) is 78.5 Å². The van der Waals surface area contributed by atoms with Crippen LogP contribution in [0.3, 0.4) is 0 Å². The normalized spacial score (nSPS) is 17.2. The summed E-state index contributed by atoms with van der Waals surface area (Å²) < 4.78 is 15.0. The number of ether oxygens (including phenoxy) is 2. The van der Waals surface area contributed by atoms with Gasteiger partial charge in [0.2, 0.25) is 11.8 Å². The van der Waals surface area contributed by atoms with Gasteiger partial charge in [-0.25, -0.2) is 4.98 Å². The highest BCUT2D eigenvalue weighted by Crippen LogP contribution is 2.39. The first-order valence-electron chi connectivity index (χ1n) is 17.1. The maximum atomic E-state index is 12.5. The number of imidazole rings is 1. The first-order valence-corrected chi connectivity index (χ1v) is 18.0. The van der Waals surface area contributed by atoms with Gasteiger partial charge in [-0.05, 0) is 52.4 Å². The second-order valence-electron chi connectivity index (χ2n) is 12.6. The Morgan fingerprint density at radius 1 is 0.902 bits per heavy atom. The Balaban J connectivity index is 1.04. The fraction of sp³-hybridized carbons (Fsp3) is 0.275. The predicted octanol–water partition coefficient (Wildman–Crippen LogP) is 6.92. The summed E-state index contributed by atoms with van der Waals surface area (Å²) >= 11 is 1.66. The molecular formula is C40H43N5O5S. The number of nitrogens with zero attached hydrogens (tertiary/aromatic N) is 2. The van der Waals surface area contributed by atoms with Crippen LogP contribution in [0.4, 0.5) is 11.4 Å². The molecule has 1 aliphatic rings. The lowest BCUT2D eigenvalue weighted by atomic mass is 9.99. The molecule has 10 nitrogen and oxygen atoms in total. The van der Waals surface area contributed by atoms with Gasteiger partial charge in [0.25, 0.3) is 0 Å². The number of aryl methyl sites for hydroxylation is 1. The Kier molecular flexibility index (Phi) is 12.2. The van der Waals surface area contributed by atoms with Crippen LogP contribution in [0.25, 0.3) is 11.1 Å². The van der Waals surface area contributed by atoms with E-state index in [4.69, 9.17) is 15.2 Å². The van der Waals surface area contributed by atoms with Crippen LogP contribution in [0.2, 0.25) is 0 Å². The van der Waals surface area contributed by atoms with E-state index in [1.165, 1.54) is 0 Å². The van der Waals surface area contributed by atoms with Crippen molar-refractivity contribution in [2.45, 2.75) is 62.5 Å². The second kappa shape index (κ2) is 17.3. The van der Waals surface area contributed by atoms with Crippen molar-refractivity contribution in [3.8, 4) is 11.1 Å². The number of aromatic nitrogens is 2. The number of carbonyl (C=O) groups excluding carboxylic acids is 2. The Labute approximate surface area is 302 Å². The molecule has 1 fully saturated rings. The number of nitrogen functional groups attached to an aromatic ring is 1. The molecule has 1 aliphatic heterocycles. The molecule has 5 N–H and O–H groups in total. The molecule has 2 amide bonds. The summed E-state index contributed by atoms with van der Waals surface area (Å²) in [5.41, 5.74) is 12.8. The highest BCUT2D eigenvalue weighted by atomic mass is 32.2. The third-order valence-corrected chi connectivity index (χ3v) is 9.96. The number of benzene rings is 4. The molecule has 264 valence electrons. The van der Waals surface area contributed by atoms with E-state index >= 15 is 0 Å². The van der Waals surface area contributed by atoms with Gasteiger partial charge in [0, 0.05) is 56.6 Å². The minimum Gasteiger partial charge on any atom is -0.397 e. The summed E-state index contributed by atoms with van der Waals surface area (Å²) in [6.07, 6.45) is 4.57. The average Bonchev–Trinajstić information content (AvgIpc) is 3.58. The molecule has 4 aromatic carbocycles. The largest absolute Gasteiger partial charge is 0.397 e. The van der Waals surface area contributed by atoms with Crippen molar-refractivity contribution >= 4 is 35.0 Å². The summed E-state index contributed by atoms with van der Waals surface area (Å²) in [5.74, 6) is 0.452. The van der Waals surface area contributed by atoms with Gasteiger partial charge in [0.1, 0.15) is 0 Å². The lowest BCUT2D eigenvalue weighted by molar-refractivity contribution is -0.245. The average molecular weight is 706 g/mol. The monoisotopic (exact) mass is 705 g/mol. The molecular weight excluding hydrogens is 663 g/mol. The lowest BCUT2D eigenvalue weighted by Crippen LogP contribution is -2.31. The van der Waals surface area contributed by atoms with Crippen molar-refractivity contribution in [2.24, 2.45) is 7.05 Å². The fourth-order valence-corrected chi connectivity index (χ4v) is 6.85. The molecule has 6 rings (SSSR count). The maximum Gasteiger partial charge on any atom is 0.224 e. The summed E-state index contributed by atoms with van der Waals surface area (Å²) in [7, 11) is 1.98. The quantitative estimate of drug-likeness (QED) is 0.0721. The Bertz CT molecular complexity index is 1910. The van der Waals surface area contributed by atoms with Gasteiger partial charge in [0.05, 0.1) is 30.2 Å². The van der Waals surface area contributed by atoms with Crippen LogP contribution in [-0.2, 0) is 39.3 Å². The molecule has 0 spiro atoms. The van der Waals surface area contributed by atoms with Gasteiger partial charge in [0.15, 0.2) is 11.4 Å². The van der Waals surface area contributed by atoms with Crippen LogP contribution in [0.15, 0.2) is 115 Å². The Morgan fingerprint density at radius 3 is 2.41 bits per heavy atom.